The number of fused-ring (bicyclic) bond motifs is 1. The van der Waals surface area contributed by atoms with Crippen molar-refractivity contribution in [2.75, 3.05) is 11.6 Å². The van der Waals surface area contributed by atoms with Gasteiger partial charge in [0.2, 0.25) is 0 Å². The number of amides is 2. The predicted molar refractivity (Wildman–Crippen MR) is 75.7 cm³/mol. The molecule has 1 aromatic heterocycles. The molecule has 2 heterocycles. The first kappa shape index (κ1) is 18.4. The molecule has 1 aliphatic rings. The summed E-state index contributed by atoms with van der Waals surface area (Å²) in [5.74, 6) is 0. The number of nitrogens with zero attached hydrogens (tertiary/aromatic N) is 6. The molecule has 13 heteroatoms. The van der Waals surface area contributed by atoms with Crippen molar-refractivity contribution in [2.45, 2.75) is 13.5 Å². The van der Waals surface area contributed by atoms with Crippen LogP contribution in [-0.2, 0) is 28.3 Å². The van der Waals surface area contributed by atoms with E-state index in [1.165, 1.54) is 21.8 Å². The second-order valence-electron chi connectivity index (χ2n) is 4.07. The van der Waals surface area contributed by atoms with E-state index in [2.05, 4.69) is 14.5 Å². The fraction of sp³-hybridized carbons (Fsp3) is 0.400. The summed E-state index contributed by atoms with van der Waals surface area (Å²) in [6, 6.07) is 0.805. The minimum atomic E-state index is -4.78. The third kappa shape index (κ3) is 4.64. The molecule has 0 bridgehead atoms. The van der Waals surface area contributed by atoms with E-state index >= 15 is 0 Å². The van der Waals surface area contributed by atoms with Crippen LogP contribution in [0, 0.1) is 11.3 Å². The SMILES string of the molecule is CCN1Cc2c(cnn2C)N(OS(=O)(=O)O)C1=O.N#C/C=N\O. The first-order valence-corrected chi connectivity index (χ1v) is 7.44. The molecule has 0 aromatic carbocycles. The highest BCUT2D eigenvalue weighted by atomic mass is 32.3. The zero-order valence-electron chi connectivity index (χ0n) is 12.2. The summed E-state index contributed by atoms with van der Waals surface area (Å²) in [5.41, 5.74) is 0.810. The Morgan fingerprint density at radius 2 is 2.26 bits per heavy atom. The lowest BCUT2D eigenvalue weighted by Gasteiger charge is -2.32. The average molecular weight is 346 g/mol. The van der Waals surface area contributed by atoms with Crippen LogP contribution in [0.25, 0.3) is 0 Å². The fourth-order valence-corrected chi connectivity index (χ4v) is 2.06. The van der Waals surface area contributed by atoms with Gasteiger partial charge in [-0.3, -0.25) is 9.23 Å². The summed E-state index contributed by atoms with van der Waals surface area (Å²) in [5, 5.41) is 21.7. The Labute approximate surface area is 131 Å². The lowest BCUT2D eigenvalue weighted by molar-refractivity contribution is 0.160. The Balaban J connectivity index is 0.000000463. The van der Waals surface area contributed by atoms with Crippen molar-refractivity contribution < 1.29 is 27.3 Å². The summed E-state index contributed by atoms with van der Waals surface area (Å²) in [4.78, 5) is 13.3. The number of hydrogen-bond donors (Lipinski definition) is 2. The number of rotatable bonds is 3. The molecule has 0 unspecified atom stereocenters. The van der Waals surface area contributed by atoms with Gasteiger partial charge in [-0.1, -0.05) is 5.16 Å². The summed E-state index contributed by atoms with van der Waals surface area (Å²) in [6.45, 7) is 2.41. The molecule has 0 atom stereocenters. The topological polar surface area (TPSA) is 161 Å². The Kier molecular flexibility index (Phi) is 6.02. The molecule has 0 saturated carbocycles. The van der Waals surface area contributed by atoms with Crippen LogP contribution < -0.4 is 5.06 Å². The Bertz CT molecular complexity index is 736. The van der Waals surface area contributed by atoms with Crippen molar-refractivity contribution in [1.29, 1.82) is 5.26 Å². The van der Waals surface area contributed by atoms with Gasteiger partial charge in [-0.2, -0.15) is 18.8 Å². The number of carbonyl (C=O) groups excluding carboxylic acids is 1. The van der Waals surface area contributed by atoms with Gasteiger partial charge in [0, 0.05) is 13.6 Å². The molecule has 2 N–H and O–H groups in total. The highest BCUT2D eigenvalue weighted by Crippen LogP contribution is 2.28. The number of hydrogen-bond acceptors (Lipinski definition) is 8. The van der Waals surface area contributed by atoms with Crippen LogP contribution in [0.15, 0.2) is 11.4 Å². The van der Waals surface area contributed by atoms with Gasteiger partial charge in [0.25, 0.3) is 0 Å². The Morgan fingerprint density at radius 3 is 2.70 bits per heavy atom. The summed E-state index contributed by atoms with van der Waals surface area (Å²) < 4.78 is 36.0. The van der Waals surface area contributed by atoms with E-state index in [1.54, 1.807) is 14.0 Å². The molecule has 1 aromatic rings. The lowest BCUT2D eigenvalue weighted by atomic mass is 10.3. The number of nitriles is 1. The molecule has 0 spiro atoms. The molecule has 12 nitrogen and oxygen atoms in total. The van der Waals surface area contributed by atoms with E-state index < -0.39 is 16.4 Å². The number of hydroxylamine groups is 1. The molecule has 1 aliphatic heterocycles. The van der Waals surface area contributed by atoms with Gasteiger partial charge >= 0.3 is 16.4 Å². The maximum absolute atomic E-state index is 11.9. The molecule has 0 saturated heterocycles. The van der Waals surface area contributed by atoms with Gasteiger partial charge in [0.05, 0.1) is 18.4 Å². The van der Waals surface area contributed by atoms with Crippen molar-refractivity contribution in [3.63, 3.8) is 0 Å². The van der Waals surface area contributed by atoms with Crippen LogP contribution in [0.1, 0.15) is 12.6 Å². The third-order valence-corrected chi connectivity index (χ3v) is 3.05. The van der Waals surface area contributed by atoms with Crippen molar-refractivity contribution in [1.82, 2.24) is 14.7 Å². The number of urea groups is 1. The highest BCUT2D eigenvalue weighted by Gasteiger charge is 2.35. The molecule has 2 rings (SSSR count). The van der Waals surface area contributed by atoms with E-state index in [9.17, 15) is 13.2 Å². The largest absolute Gasteiger partial charge is 0.419 e. The molecular weight excluding hydrogens is 332 g/mol. The van der Waals surface area contributed by atoms with E-state index in [0.717, 1.165) is 6.21 Å². The van der Waals surface area contributed by atoms with Crippen LogP contribution in [0.3, 0.4) is 0 Å². The number of anilines is 1. The first-order chi connectivity index (χ1) is 10.7. The van der Waals surface area contributed by atoms with Crippen LogP contribution in [0.4, 0.5) is 10.5 Å². The van der Waals surface area contributed by atoms with Gasteiger partial charge in [-0.15, -0.1) is 9.35 Å². The summed E-state index contributed by atoms with van der Waals surface area (Å²) in [6.07, 6.45) is 2.03. The van der Waals surface area contributed by atoms with Crippen molar-refractivity contribution >= 4 is 28.3 Å². The highest BCUT2D eigenvalue weighted by molar-refractivity contribution is 7.81. The number of carbonyl (C=O) groups is 1. The maximum atomic E-state index is 11.9. The van der Waals surface area contributed by atoms with Gasteiger partial charge in [0.1, 0.15) is 18.0 Å². The fourth-order valence-electron chi connectivity index (χ4n) is 1.72. The molecule has 0 radical (unpaired) electrons. The van der Waals surface area contributed by atoms with Gasteiger partial charge < -0.3 is 10.1 Å². The molecule has 0 fully saturated rings. The van der Waals surface area contributed by atoms with Gasteiger partial charge in [-0.05, 0) is 6.92 Å². The monoisotopic (exact) mass is 346 g/mol. The average Bonchev–Trinajstić information content (AvgIpc) is 2.83. The normalized spacial score (nSPS) is 14.3. The minimum Gasteiger partial charge on any atom is -0.410 e. The smallest absolute Gasteiger partial charge is 0.410 e. The van der Waals surface area contributed by atoms with Crippen molar-refractivity contribution in [3.8, 4) is 6.07 Å². The van der Waals surface area contributed by atoms with Gasteiger partial charge in [-0.25, -0.2) is 4.79 Å². The minimum absolute atomic E-state index is 0.199. The maximum Gasteiger partial charge on any atom is 0.419 e. The zero-order chi connectivity index (χ0) is 17.6. The van der Waals surface area contributed by atoms with E-state index in [-0.39, 0.29) is 5.69 Å². The molecule has 126 valence electrons. The Hall–Kier alpha value is -2.69. The Morgan fingerprint density at radius 1 is 1.61 bits per heavy atom. The van der Waals surface area contributed by atoms with Gasteiger partial charge in [0.15, 0.2) is 0 Å². The van der Waals surface area contributed by atoms with Crippen LogP contribution in [0.5, 0.6) is 0 Å². The zero-order valence-corrected chi connectivity index (χ0v) is 13.0. The predicted octanol–water partition coefficient (Wildman–Crippen LogP) is -0.114. The molecular formula is C10H14N6O6S. The van der Waals surface area contributed by atoms with E-state index in [0.29, 0.717) is 23.8 Å². The molecule has 0 aliphatic carbocycles. The van der Waals surface area contributed by atoms with E-state index in [4.69, 9.17) is 15.0 Å². The standard InChI is InChI=1S/C8H12N4O5S.C2H2N2O/c1-3-11-5-7-6(4-9-10(7)2)12(8(11)13)17-18(14,15)16;3-1-2-4-5/h4H,3,5H2,1-2H3,(H,14,15,16);2,5H/b;4-2-. The number of aromatic nitrogens is 2. The van der Waals surface area contributed by atoms with E-state index in [1.807, 2.05) is 0 Å². The van der Waals surface area contributed by atoms with Crippen LogP contribution in [-0.4, -0.2) is 51.6 Å². The number of aryl methyl sites for hydroxylation is 1. The number of oxime groups is 1. The van der Waals surface area contributed by atoms with Crippen molar-refractivity contribution in [2.24, 2.45) is 12.2 Å². The van der Waals surface area contributed by atoms with Crippen molar-refractivity contribution in [3.05, 3.63) is 11.9 Å². The lowest BCUT2D eigenvalue weighted by Crippen LogP contribution is -2.47. The molecule has 23 heavy (non-hydrogen) atoms. The second kappa shape index (κ2) is 7.54. The summed E-state index contributed by atoms with van der Waals surface area (Å²) >= 11 is 0. The van der Waals surface area contributed by atoms with Crippen LogP contribution >= 0.6 is 0 Å². The summed E-state index contributed by atoms with van der Waals surface area (Å²) in [7, 11) is -3.12. The quantitative estimate of drug-likeness (QED) is 0.331. The van der Waals surface area contributed by atoms with Crippen LogP contribution in [0.2, 0.25) is 0 Å². The third-order valence-electron chi connectivity index (χ3n) is 2.71. The molecule has 2 amide bonds. The first-order valence-electron chi connectivity index (χ1n) is 6.07. The second-order valence-corrected chi connectivity index (χ2v) is 5.07.